The molecule has 0 aliphatic carbocycles. The van der Waals surface area contributed by atoms with E-state index in [0.29, 0.717) is 19.0 Å². The lowest BCUT2D eigenvalue weighted by Crippen LogP contribution is -2.39. The highest BCUT2D eigenvalue weighted by atomic mass is 19.4. The van der Waals surface area contributed by atoms with Crippen molar-refractivity contribution < 1.29 is 17.9 Å². The molecule has 1 heterocycles. The van der Waals surface area contributed by atoms with Crippen molar-refractivity contribution in [3.8, 4) is 0 Å². The number of hydrogen-bond acceptors (Lipinski definition) is 2. The molecule has 0 aromatic rings. The first kappa shape index (κ1) is 15.1. The molecule has 1 aliphatic heterocycles. The second-order valence-electron chi connectivity index (χ2n) is 4.15. The van der Waals surface area contributed by atoms with Crippen LogP contribution in [0.15, 0.2) is 4.99 Å². The molecule has 0 aromatic heterocycles. The molecule has 1 fully saturated rings. The van der Waals surface area contributed by atoms with Crippen LogP contribution in [0.4, 0.5) is 13.2 Å². The summed E-state index contributed by atoms with van der Waals surface area (Å²) in [6.45, 7) is 3.55. The van der Waals surface area contributed by atoms with Crippen LogP contribution in [0.3, 0.4) is 0 Å². The Labute approximate surface area is 105 Å². The van der Waals surface area contributed by atoms with Crippen LogP contribution in [0.25, 0.3) is 0 Å². The molecule has 0 bridgehead atoms. The maximum absolute atomic E-state index is 12.0. The van der Waals surface area contributed by atoms with Gasteiger partial charge in [-0.15, -0.1) is 0 Å². The van der Waals surface area contributed by atoms with Gasteiger partial charge in [-0.1, -0.05) is 0 Å². The number of halogens is 3. The van der Waals surface area contributed by atoms with Crippen LogP contribution in [0, 0.1) is 0 Å². The molecular formula is C11H20F3N3O. The molecule has 2 N–H and O–H groups in total. The van der Waals surface area contributed by atoms with E-state index in [1.807, 2.05) is 6.92 Å². The Balaban J connectivity index is 2.30. The first-order valence-corrected chi connectivity index (χ1v) is 6.22. The first-order valence-electron chi connectivity index (χ1n) is 6.22. The highest BCUT2D eigenvalue weighted by Crippen LogP contribution is 2.18. The molecular weight excluding hydrogens is 247 g/mol. The van der Waals surface area contributed by atoms with E-state index in [-0.39, 0.29) is 12.6 Å². The minimum absolute atomic E-state index is 0.100. The van der Waals surface area contributed by atoms with Gasteiger partial charge in [0.15, 0.2) is 5.96 Å². The van der Waals surface area contributed by atoms with Gasteiger partial charge < -0.3 is 15.4 Å². The van der Waals surface area contributed by atoms with E-state index in [0.717, 1.165) is 19.4 Å². The average molecular weight is 267 g/mol. The number of ether oxygens (including phenoxy) is 1. The number of alkyl halides is 3. The summed E-state index contributed by atoms with van der Waals surface area (Å²) < 4.78 is 41.4. The number of aliphatic imine (C=N–C) groups is 1. The zero-order chi connectivity index (χ0) is 13.4. The molecule has 1 saturated heterocycles. The highest BCUT2D eigenvalue weighted by molar-refractivity contribution is 5.79. The minimum atomic E-state index is -4.14. The Morgan fingerprint density at radius 1 is 1.39 bits per heavy atom. The second-order valence-corrected chi connectivity index (χ2v) is 4.15. The van der Waals surface area contributed by atoms with Crippen molar-refractivity contribution >= 4 is 5.96 Å². The molecule has 18 heavy (non-hydrogen) atoms. The van der Waals surface area contributed by atoms with Gasteiger partial charge in [-0.25, -0.2) is 0 Å². The number of rotatable bonds is 5. The van der Waals surface area contributed by atoms with Gasteiger partial charge in [0.05, 0.1) is 19.1 Å². The predicted octanol–water partition coefficient (Wildman–Crippen LogP) is 1.67. The van der Waals surface area contributed by atoms with Gasteiger partial charge in [0.2, 0.25) is 0 Å². The maximum Gasteiger partial charge on any atom is 0.390 e. The van der Waals surface area contributed by atoms with Crippen molar-refractivity contribution in [3.63, 3.8) is 0 Å². The Morgan fingerprint density at radius 3 is 2.72 bits per heavy atom. The van der Waals surface area contributed by atoms with Crippen LogP contribution in [0.1, 0.15) is 26.2 Å². The normalized spacial score (nSPS) is 21.1. The van der Waals surface area contributed by atoms with Gasteiger partial charge in [-0.05, 0) is 19.8 Å². The predicted molar refractivity (Wildman–Crippen MR) is 63.6 cm³/mol. The molecule has 7 heteroatoms. The number of hydrogen-bond donors (Lipinski definition) is 2. The SMILES string of the molecule is CCNC(=NCC1CCCO1)NCCC(F)(F)F. The van der Waals surface area contributed by atoms with E-state index in [9.17, 15) is 13.2 Å². The summed E-state index contributed by atoms with van der Waals surface area (Å²) in [7, 11) is 0. The zero-order valence-corrected chi connectivity index (χ0v) is 10.5. The average Bonchev–Trinajstić information content (AvgIpc) is 2.77. The number of nitrogens with one attached hydrogen (secondary N) is 2. The highest BCUT2D eigenvalue weighted by Gasteiger charge is 2.26. The largest absolute Gasteiger partial charge is 0.390 e. The van der Waals surface area contributed by atoms with Crippen molar-refractivity contribution in [1.29, 1.82) is 0 Å². The molecule has 0 saturated carbocycles. The smallest absolute Gasteiger partial charge is 0.376 e. The van der Waals surface area contributed by atoms with Crippen molar-refractivity contribution in [2.24, 2.45) is 4.99 Å². The Hall–Kier alpha value is -0.980. The quantitative estimate of drug-likeness (QED) is 0.588. The summed E-state index contributed by atoms with van der Waals surface area (Å²) in [6, 6.07) is 0. The molecule has 106 valence electrons. The van der Waals surface area contributed by atoms with E-state index >= 15 is 0 Å². The monoisotopic (exact) mass is 267 g/mol. The van der Waals surface area contributed by atoms with Crippen molar-refractivity contribution in [1.82, 2.24) is 10.6 Å². The van der Waals surface area contributed by atoms with Gasteiger partial charge in [0.25, 0.3) is 0 Å². The number of nitrogens with zero attached hydrogens (tertiary/aromatic N) is 1. The lowest BCUT2D eigenvalue weighted by Gasteiger charge is -2.13. The molecule has 0 amide bonds. The summed E-state index contributed by atoms with van der Waals surface area (Å²) in [5, 5.41) is 5.57. The summed E-state index contributed by atoms with van der Waals surface area (Å²) in [5.74, 6) is 0.414. The molecule has 0 aromatic carbocycles. The van der Waals surface area contributed by atoms with E-state index < -0.39 is 12.6 Å². The third-order valence-electron chi connectivity index (χ3n) is 2.52. The van der Waals surface area contributed by atoms with Gasteiger partial charge in [0, 0.05) is 19.7 Å². The summed E-state index contributed by atoms with van der Waals surface area (Å²) in [4.78, 5) is 4.22. The molecule has 1 unspecified atom stereocenters. The van der Waals surface area contributed by atoms with Crippen molar-refractivity contribution in [3.05, 3.63) is 0 Å². The van der Waals surface area contributed by atoms with Gasteiger partial charge in [-0.2, -0.15) is 13.2 Å². The van der Waals surface area contributed by atoms with Crippen LogP contribution in [0.5, 0.6) is 0 Å². The lowest BCUT2D eigenvalue weighted by molar-refractivity contribution is -0.132. The van der Waals surface area contributed by atoms with Crippen LogP contribution < -0.4 is 10.6 Å². The van der Waals surface area contributed by atoms with Gasteiger partial charge in [0.1, 0.15) is 0 Å². The van der Waals surface area contributed by atoms with E-state index in [1.54, 1.807) is 0 Å². The van der Waals surface area contributed by atoms with Crippen molar-refractivity contribution in [2.75, 3.05) is 26.2 Å². The summed E-state index contributed by atoms with van der Waals surface area (Å²) in [6.07, 6.45) is -2.91. The van der Waals surface area contributed by atoms with Crippen molar-refractivity contribution in [2.45, 2.75) is 38.5 Å². The summed E-state index contributed by atoms with van der Waals surface area (Å²) >= 11 is 0. The maximum atomic E-state index is 12.0. The fraction of sp³-hybridized carbons (Fsp3) is 0.909. The third-order valence-corrected chi connectivity index (χ3v) is 2.52. The van der Waals surface area contributed by atoms with Gasteiger partial charge >= 0.3 is 6.18 Å². The van der Waals surface area contributed by atoms with Crippen LogP contribution in [-0.4, -0.2) is 44.5 Å². The summed E-state index contributed by atoms with van der Waals surface area (Å²) in [5.41, 5.74) is 0. The third kappa shape index (κ3) is 6.68. The van der Waals surface area contributed by atoms with E-state index in [4.69, 9.17) is 4.74 Å². The van der Waals surface area contributed by atoms with Gasteiger partial charge in [-0.3, -0.25) is 4.99 Å². The molecule has 1 atom stereocenters. The fourth-order valence-corrected chi connectivity index (χ4v) is 1.65. The first-order chi connectivity index (χ1) is 8.51. The molecule has 4 nitrogen and oxygen atoms in total. The fourth-order valence-electron chi connectivity index (χ4n) is 1.65. The molecule has 1 rings (SSSR count). The van der Waals surface area contributed by atoms with E-state index in [2.05, 4.69) is 15.6 Å². The Bertz CT molecular complexity index is 263. The standard InChI is InChI=1S/C11H20F3N3O/c1-2-15-10(16-6-5-11(12,13)14)17-8-9-4-3-7-18-9/h9H,2-8H2,1H3,(H2,15,16,17). The van der Waals surface area contributed by atoms with Crippen LogP contribution >= 0.6 is 0 Å². The molecule has 1 aliphatic rings. The Kier molecular flexibility index (Phi) is 6.24. The zero-order valence-electron chi connectivity index (χ0n) is 10.5. The molecule has 0 radical (unpaired) electrons. The Morgan fingerprint density at radius 2 is 2.17 bits per heavy atom. The number of guanidine groups is 1. The molecule has 0 spiro atoms. The van der Waals surface area contributed by atoms with Crippen LogP contribution in [0.2, 0.25) is 0 Å². The minimum Gasteiger partial charge on any atom is -0.376 e. The van der Waals surface area contributed by atoms with E-state index in [1.165, 1.54) is 0 Å². The lowest BCUT2D eigenvalue weighted by atomic mass is 10.2. The topological polar surface area (TPSA) is 45.7 Å². The van der Waals surface area contributed by atoms with Crippen LogP contribution in [-0.2, 0) is 4.74 Å². The second kappa shape index (κ2) is 7.45.